The lowest BCUT2D eigenvalue weighted by atomic mass is 9.82. The molecule has 0 saturated carbocycles. The van der Waals surface area contributed by atoms with Gasteiger partial charge >= 0.3 is 0 Å². The van der Waals surface area contributed by atoms with Gasteiger partial charge in [-0.05, 0) is 19.3 Å². The highest BCUT2D eigenvalue weighted by molar-refractivity contribution is 4.84. The van der Waals surface area contributed by atoms with E-state index >= 15 is 0 Å². The molecule has 0 aromatic heterocycles. The fourth-order valence-electron chi connectivity index (χ4n) is 5.74. The topological polar surface area (TPSA) is 26.0 Å². The summed E-state index contributed by atoms with van der Waals surface area (Å²) in [6.07, 6.45) is 42.1. The third-order valence-electron chi connectivity index (χ3n) is 8.33. The van der Waals surface area contributed by atoms with Crippen molar-refractivity contribution in [2.75, 3.05) is 0 Å². The summed E-state index contributed by atoms with van der Waals surface area (Å²) in [5.41, 5.74) is 7.21. The van der Waals surface area contributed by atoms with E-state index in [0.717, 1.165) is 0 Å². The molecule has 0 bridgehead atoms. The van der Waals surface area contributed by atoms with Crippen molar-refractivity contribution in [2.45, 2.75) is 219 Å². The molecule has 0 aromatic carbocycles. The van der Waals surface area contributed by atoms with Crippen LogP contribution in [0, 0.1) is 0 Å². The molecule has 212 valence electrons. The van der Waals surface area contributed by atoms with E-state index in [1.54, 1.807) is 0 Å². The van der Waals surface area contributed by atoms with Crippen LogP contribution in [0.2, 0.25) is 0 Å². The summed E-state index contributed by atoms with van der Waals surface area (Å²) in [6, 6.07) is 0. The van der Waals surface area contributed by atoms with Gasteiger partial charge in [-0.2, -0.15) is 0 Å². The number of nitrogens with two attached hydrogens (primary N) is 1. The lowest BCUT2D eigenvalue weighted by Crippen LogP contribution is -2.39. The molecule has 0 aliphatic heterocycles. The molecule has 35 heavy (non-hydrogen) atoms. The molecule has 0 atom stereocenters. The first-order valence-corrected chi connectivity index (χ1v) is 17.0. The molecule has 0 aliphatic carbocycles. The highest BCUT2D eigenvalue weighted by atomic mass is 14.7. The van der Waals surface area contributed by atoms with Crippen LogP contribution in [0.1, 0.15) is 213 Å². The maximum atomic E-state index is 7.09. The van der Waals surface area contributed by atoms with Crippen molar-refractivity contribution in [1.29, 1.82) is 0 Å². The second kappa shape index (κ2) is 28.5. The third kappa shape index (κ3) is 26.8. The SMILES string of the molecule is CCCCCCCCCCCC(N)(CCCCCCCCCCC)CCCCCCCCCCC. The van der Waals surface area contributed by atoms with Crippen LogP contribution in [0.3, 0.4) is 0 Å². The van der Waals surface area contributed by atoms with Gasteiger partial charge in [-0.3, -0.25) is 0 Å². The van der Waals surface area contributed by atoms with E-state index in [9.17, 15) is 0 Å². The second-order valence-electron chi connectivity index (χ2n) is 12.1. The fraction of sp³-hybridized carbons (Fsp3) is 1.00. The van der Waals surface area contributed by atoms with Crippen molar-refractivity contribution in [2.24, 2.45) is 5.73 Å². The van der Waals surface area contributed by atoms with Gasteiger partial charge in [0.2, 0.25) is 0 Å². The zero-order valence-corrected chi connectivity index (χ0v) is 25.3. The quantitative estimate of drug-likeness (QED) is 0.0989. The Morgan fingerprint density at radius 1 is 0.286 bits per heavy atom. The third-order valence-corrected chi connectivity index (χ3v) is 8.33. The summed E-state index contributed by atoms with van der Waals surface area (Å²) in [4.78, 5) is 0. The van der Waals surface area contributed by atoms with Gasteiger partial charge in [0.1, 0.15) is 0 Å². The standard InChI is InChI=1S/C34H71N/c1-4-7-10-13-16-19-22-25-28-31-34(35,32-29-26-23-20-17-14-11-8-5-2)33-30-27-24-21-18-15-12-9-6-3/h4-33,35H2,1-3H3. The molecule has 0 aliphatic rings. The molecule has 0 spiro atoms. The van der Waals surface area contributed by atoms with Gasteiger partial charge in [-0.15, -0.1) is 0 Å². The number of hydrogen-bond acceptors (Lipinski definition) is 1. The van der Waals surface area contributed by atoms with Crippen LogP contribution >= 0.6 is 0 Å². The van der Waals surface area contributed by atoms with Gasteiger partial charge in [0.15, 0.2) is 0 Å². The Morgan fingerprint density at radius 3 is 0.657 bits per heavy atom. The van der Waals surface area contributed by atoms with Crippen molar-refractivity contribution in [3.05, 3.63) is 0 Å². The Balaban J connectivity index is 4.05. The van der Waals surface area contributed by atoms with Crippen molar-refractivity contribution in [3.63, 3.8) is 0 Å². The Labute approximate surface area is 224 Å². The van der Waals surface area contributed by atoms with Gasteiger partial charge < -0.3 is 5.73 Å². The summed E-state index contributed by atoms with van der Waals surface area (Å²) in [5.74, 6) is 0. The molecule has 0 aromatic rings. The molecular weight excluding hydrogens is 422 g/mol. The Hall–Kier alpha value is -0.0400. The summed E-state index contributed by atoms with van der Waals surface area (Å²) in [7, 11) is 0. The largest absolute Gasteiger partial charge is 0.325 e. The van der Waals surface area contributed by atoms with Gasteiger partial charge in [-0.1, -0.05) is 194 Å². The first-order chi connectivity index (χ1) is 17.2. The van der Waals surface area contributed by atoms with E-state index in [2.05, 4.69) is 20.8 Å². The fourth-order valence-corrected chi connectivity index (χ4v) is 5.74. The minimum Gasteiger partial charge on any atom is -0.325 e. The average Bonchev–Trinajstić information content (AvgIpc) is 2.86. The summed E-state index contributed by atoms with van der Waals surface area (Å²) in [6.45, 7) is 6.92. The van der Waals surface area contributed by atoms with Crippen molar-refractivity contribution >= 4 is 0 Å². The molecule has 0 amide bonds. The monoisotopic (exact) mass is 494 g/mol. The molecule has 0 unspecified atom stereocenters. The van der Waals surface area contributed by atoms with Crippen LogP contribution in [-0.2, 0) is 0 Å². The molecule has 0 rings (SSSR count). The van der Waals surface area contributed by atoms with Crippen molar-refractivity contribution in [1.82, 2.24) is 0 Å². The molecule has 0 radical (unpaired) electrons. The molecule has 1 nitrogen and oxygen atoms in total. The molecule has 0 fully saturated rings. The normalized spacial score (nSPS) is 12.0. The first-order valence-electron chi connectivity index (χ1n) is 17.0. The van der Waals surface area contributed by atoms with Crippen LogP contribution in [0.4, 0.5) is 0 Å². The van der Waals surface area contributed by atoms with Crippen LogP contribution < -0.4 is 5.73 Å². The van der Waals surface area contributed by atoms with Crippen molar-refractivity contribution in [3.8, 4) is 0 Å². The summed E-state index contributed by atoms with van der Waals surface area (Å²) < 4.78 is 0. The highest BCUT2D eigenvalue weighted by Crippen LogP contribution is 2.27. The highest BCUT2D eigenvalue weighted by Gasteiger charge is 2.23. The average molecular weight is 494 g/mol. The first kappa shape index (κ1) is 35.0. The van der Waals surface area contributed by atoms with E-state index < -0.39 is 0 Å². The van der Waals surface area contributed by atoms with Crippen LogP contribution in [0.25, 0.3) is 0 Å². The maximum absolute atomic E-state index is 7.09. The van der Waals surface area contributed by atoms with E-state index in [1.807, 2.05) is 0 Å². The minimum absolute atomic E-state index is 0.128. The van der Waals surface area contributed by atoms with Gasteiger partial charge in [0.25, 0.3) is 0 Å². The smallest absolute Gasteiger partial charge is 0.0154 e. The molecule has 0 heterocycles. The summed E-state index contributed by atoms with van der Waals surface area (Å²) >= 11 is 0. The molecular formula is C34H71N. The lowest BCUT2D eigenvalue weighted by molar-refractivity contribution is 0.302. The Kier molecular flexibility index (Phi) is 28.5. The van der Waals surface area contributed by atoms with E-state index in [-0.39, 0.29) is 5.54 Å². The second-order valence-corrected chi connectivity index (χ2v) is 12.1. The van der Waals surface area contributed by atoms with E-state index in [4.69, 9.17) is 5.73 Å². The predicted octanol–water partition coefficient (Wildman–Crippen LogP) is 12.4. The lowest BCUT2D eigenvalue weighted by Gasteiger charge is -2.30. The molecule has 1 heteroatoms. The van der Waals surface area contributed by atoms with Gasteiger partial charge in [0, 0.05) is 5.54 Å². The van der Waals surface area contributed by atoms with Crippen LogP contribution in [0.15, 0.2) is 0 Å². The molecule has 2 N–H and O–H groups in total. The number of rotatable bonds is 30. The van der Waals surface area contributed by atoms with Crippen LogP contribution in [-0.4, -0.2) is 5.54 Å². The maximum Gasteiger partial charge on any atom is 0.0154 e. The van der Waals surface area contributed by atoms with Gasteiger partial charge in [0.05, 0.1) is 0 Å². The predicted molar refractivity (Wildman–Crippen MR) is 162 cm³/mol. The van der Waals surface area contributed by atoms with Crippen LogP contribution in [0.5, 0.6) is 0 Å². The van der Waals surface area contributed by atoms with E-state index in [1.165, 1.54) is 193 Å². The number of unbranched alkanes of at least 4 members (excludes halogenated alkanes) is 24. The Bertz CT molecular complexity index is 322. The van der Waals surface area contributed by atoms with E-state index in [0.29, 0.717) is 0 Å². The number of hydrogen-bond donors (Lipinski definition) is 1. The zero-order valence-electron chi connectivity index (χ0n) is 25.3. The summed E-state index contributed by atoms with van der Waals surface area (Å²) in [5, 5.41) is 0. The zero-order chi connectivity index (χ0) is 25.7. The molecule has 0 saturated heterocycles. The Morgan fingerprint density at radius 2 is 0.457 bits per heavy atom. The van der Waals surface area contributed by atoms with Crippen molar-refractivity contribution < 1.29 is 0 Å². The minimum atomic E-state index is 0.128. The van der Waals surface area contributed by atoms with Gasteiger partial charge in [-0.25, -0.2) is 0 Å².